The van der Waals surface area contributed by atoms with Gasteiger partial charge in [-0.3, -0.25) is 4.79 Å². The van der Waals surface area contributed by atoms with Gasteiger partial charge in [-0.1, -0.05) is 16.8 Å². The van der Waals surface area contributed by atoms with Crippen molar-refractivity contribution in [2.45, 2.75) is 25.7 Å². The lowest BCUT2D eigenvalue weighted by molar-refractivity contribution is 0.0691. The van der Waals surface area contributed by atoms with Crippen molar-refractivity contribution in [3.05, 3.63) is 46.3 Å². The zero-order chi connectivity index (χ0) is 15.7. The second-order valence-corrected chi connectivity index (χ2v) is 5.83. The number of benzene rings is 1. The molecule has 116 valence electrons. The van der Waals surface area contributed by atoms with Crippen LogP contribution < -0.4 is 0 Å². The van der Waals surface area contributed by atoms with E-state index in [1.165, 1.54) is 18.2 Å². The van der Waals surface area contributed by atoms with Crippen LogP contribution >= 0.6 is 11.6 Å². The summed E-state index contributed by atoms with van der Waals surface area (Å²) in [4.78, 5) is 18.4. The number of likely N-dealkylation sites (tertiary alicyclic amines) is 1. The van der Waals surface area contributed by atoms with Crippen molar-refractivity contribution in [2.24, 2.45) is 0 Å². The first-order chi connectivity index (χ1) is 10.5. The minimum Gasteiger partial charge on any atom is -0.339 e. The van der Waals surface area contributed by atoms with Gasteiger partial charge in [0.25, 0.3) is 5.91 Å². The fourth-order valence-electron chi connectivity index (χ4n) is 2.67. The number of rotatable bonds is 2. The molecule has 1 saturated heterocycles. The summed E-state index contributed by atoms with van der Waals surface area (Å²) in [6.45, 7) is 2.76. The monoisotopic (exact) mass is 323 g/mol. The number of amides is 1. The Morgan fingerprint density at radius 1 is 1.50 bits per heavy atom. The molecule has 0 radical (unpaired) electrons. The fourth-order valence-corrected chi connectivity index (χ4v) is 2.85. The molecule has 0 saturated carbocycles. The Kier molecular flexibility index (Phi) is 4.11. The molecule has 1 amide bonds. The number of hydrogen-bond donors (Lipinski definition) is 0. The van der Waals surface area contributed by atoms with Gasteiger partial charge in [0.15, 0.2) is 5.82 Å². The molecule has 0 unspecified atom stereocenters. The number of carbonyl (C=O) groups excluding carboxylic acids is 1. The number of carbonyl (C=O) groups is 1. The normalized spacial score (nSPS) is 18.5. The summed E-state index contributed by atoms with van der Waals surface area (Å²) in [6.07, 6.45) is 1.67. The van der Waals surface area contributed by atoms with E-state index in [0.29, 0.717) is 29.8 Å². The molecule has 1 atom stereocenters. The SMILES string of the molecule is Cc1noc([C@@H]2CCCN(C(=O)c3cc(Cl)ccc3F)C2)n1. The Morgan fingerprint density at radius 3 is 3.05 bits per heavy atom. The van der Waals surface area contributed by atoms with Crippen molar-refractivity contribution in [3.8, 4) is 0 Å². The predicted molar refractivity (Wildman–Crippen MR) is 78.3 cm³/mol. The lowest BCUT2D eigenvalue weighted by Gasteiger charge is -2.31. The van der Waals surface area contributed by atoms with Gasteiger partial charge in [0.1, 0.15) is 5.82 Å². The second-order valence-electron chi connectivity index (χ2n) is 5.39. The fraction of sp³-hybridized carbons (Fsp3) is 0.400. The molecule has 1 aliphatic heterocycles. The molecular formula is C15H15ClFN3O2. The highest BCUT2D eigenvalue weighted by Crippen LogP contribution is 2.27. The zero-order valence-electron chi connectivity index (χ0n) is 12.1. The molecule has 1 aromatic heterocycles. The van der Waals surface area contributed by atoms with Crippen molar-refractivity contribution in [3.63, 3.8) is 0 Å². The Morgan fingerprint density at radius 2 is 2.32 bits per heavy atom. The zero-order valence-corrected chi connectivity index (χ0v) is 12.8. The van der Waals surface area contributed by atoms with Gasteiger partial charge in [0, 0.05) is 18.1 Å². The van der Waals surface area contributed by atoms with E-state index in [9.17, 15) is 9.18 Å². The summed E-state index contributed by atoms with van der Waals surface area (Å²) < 4.78 is 19.0. The summed E-state index contributed by atoms with van der Waals surface area (Å²) in [5, 5.41) is 4.12. The quantitative estimate of drug-likeness (QED) is 0.851. The highest BCUT2D eigenvalue weighted by Gasteiger charge is 2.29. The molecule has 1 aromatic carbocycles. The number of aryl methyl sites for hydroxylation is 1. The summed E-state index contributed by atoms with van der Waals surface area (Å²) in [5.41, 5.74) is -0.00476. The van der Waals surface area contributed by atoms with E-state index in [0.717, 1.165) is 12.8 Å². The van der Waals surface area contributed by atoms with Crippen LogP contribution in [0, 0.1) is 12.7 Å². The van der Waals surface area contributed by atoms with Gasteiger partial charge in [-0.05, 0) is 38.0 Å². The maximum atomic E-state index is 13.9. The third kappa shape index (κ3) is 2.97. The summed E-state index contributed by atoms with van der Waals surface area (Å²) >= 11 is 5.86. The van der Waals surface area contributed by atoms with Crippen molar-refractivity contribution >= 4 is 17.5 Å². The van der Waals surface area contributed by atoms with Crippen molar-refractivity contribution in [2.75, 3.05) is 13.1 Å². The highest BCUT2D eigenvalue weighted by atomic mass is 35.5. The van der Waals surface area contributed by atoms with Crippen LogP contribution in [0.4, 0.5) is 4.39 Å². The van der Waals surface area contributed by atoms with E-state index in [-0.39, 0.29) is 17.4 Å². The molecule has 0 aliphatic carbocycles. The van der Waals surface area contributed by atoms with E-state index in [1.807, 2.05) is 0 Å². The molecule has 2 heterocycles. The Bertz CT molecular complexity index is 704. The molecule has 22 heavy (non-hydrogen) atoms. The van der Waals surface area contributed by atoms with Crippen LogP contribution in [0.25, 0.3) is 0 Å². The number of halogens is 2. The van der Waals surface area contributed by atoms with Crippen LogP contribution in [0.3, 0.4) is 0 Å². The van der Waals surface area contributed by atoms with Crippen molar-refractivity contribution in [1.82, 2.24) is 15.0 Å². The predicted octanol–water partition coefficient (Wildman–Crippen LogP) is 3.19. The molecule has 1 fully saturated rings. The van der Waals surface area contributed by atoms with Crippen molar-refractivity contribution < 1.29 is 13.7 Å². The molecule has 1 aliphatic rings. The Labute approximate surface area is 132 Å². The maximum absolute atomic E-state index is 13.9. The molecule has 0 spiro atoms. The average molecular weight is 324 g/mol. The smallest absolute Gasteiger partial charge is 0.256 e. The molecule has 3 rings (SSSR count). The van der Waals surface area contributed by atoms with E-state index in [2.05, 4.69) is 10.1 Å². The van der Waals surface area contributed by atoms with Crippen LogP contribution in [0.15, 0.2) is 22.7 Å². The summed E-state index contributed by atoms with van der Waals surface area (Å²) in [5.74, 6) is 0.160. The summed E-state index contributed by atoms with van der Waals surface area (Å²) in [7, 11) is 0. The van der Waals surface area contributed by atoms with Crippen molar-refractivity contribution in [1.29, 1.82) is 0 Å². The number of nitrogens with zero attached hydrogens (tertiary/aromatic N) is 3. The minimum absolute atomic E-state index is 0.00476. The molecule has 0 N–H and O–H groups in total. The molecule has 0 bridgehead atoms. The standard InChI is InChI=1S/C15H15ClFN3O2/c1-9-18-14(22-19-9)10-3-2-6-20(8-10)15(21)12-7-11(16)4-5-13(12)17/h4-5,7,10H,2-3,6,8H2,1H3/t10-/m1/s1. The molecule has 2 aromatic rings. The third-order valence-electron chi connectivity index (χ3n) is 3.76. The number of piperidine rings is 1. The van der Waals surface area contributed by atoms with E-state index in [1.54, 1.807) is 11.8 Å². The van der Waals surface area contributed by atoms with Gasteiger partial charge < -0.3 is 9.42 Å². The third-order valence-corrected chi connectivity index (χ3v) is 4.00. The van der Waals surface area contributed by atoms with Gasteiger partial charge in [-0.2, -0.15) is 4.98 Å². The van der Waals surface area contributed by atoms with E-state index < -0.39 is 5.82 Å². The van der Waals surface area contributed by atoms with Crippen LogP contribution in [-0.4, -0.2) is 34.0 Å². The largest absolute Gasteiger partial charge is 0.339 e. The van der Waals surface area contributed by atoms with Crippen LogP contribution in [0.1, 0.15) is 40.8 Å². The first-order valence-corrected chi connectivity index (χ1v) is 7.47. The molecular weight excluding hydrogens is 309 g/mol. The van der Waals surface area contributed by atoms with Gasteiger partial charge in [-0.25, -0.2) is 4.39 Å². The maximum Gasteiger partial charge on any atom is 0.256 e. The topological polar surface area (TPSA) is 59.2 Å². The van der Waals surface area contributed by atoms with Gasteiger partial charge in [0.2, 0.25) is 5.89 Å². The Hall–Kier alpha value is -1.95. The number of aromatic nitrogens is 2. The van der Waals surface area contributed by atoms with E-state index in [4.69, 9.17) is 16.1 Å². The van der Waals surface area contributed by atoms with Crippen LogP contribution in [0.2, 0.25) is 5.02 Å². The first kappa shape index (κ1) is 15.0. The van der Waals surface area contributed by atoms with Gasteiger partial charge in [-0.15, -0.1) is 0 Å². The minimum atomic E-state index is -0.565. The van der Waals surface area contributed by atoms with Crippen LogP contribution in [0.5, 0.6) is 0 Å². The highest BCUT2D eigenvalue weighted by molar-refractivity contribution is 6.31. The second kappa shape index (κ2) is 6.04. The van der Waals surface area contributed by atoms with Crippen LogP contribution in [-0.2, 0) is 0 Å². The summed E-state index contributed by atoms with van der Waals surface area (Å²) in [6, 6.07) is 3.99. The average Bonchev–Trinajstić information content (AvgIpc) is 2.96. The first-order valence-electron chi connectivity index (χ1n) is 7.09. The lowest BCUT2D eigenvalue weighted by atomic mass is 9.97. The van der Waals surface area contributed by atoms with E-state index >= 15 is 0 Å². The molecule has 5 nitrogen and oxygen atoms in total. The van der Waals surface area contributed by atoms with Gasteiger partial charge >= 0.3 is 0 Å². The lowest BCUT2D eigenvalue weighted by Crippen LogP contribution is -2.39. The van der Waals surface area contributed by atoms with Gasteiger partial charge in [0.05, 0.1) is 11.5 Å². The molecule has 7 heteroatoms. The Balaban J connectivity index is 1.79. The number of hydrogen-bond acceptors (Lipinski definition) is 4.